The molecule has 2 atom stereocenters. The Morgan fingerprint density at radius 1 is 1.29 bits per heavy atom. The Hall–Kier alpha value is -0.120. The Bertz CT molecular complexity index is 192. The Morgan fingerprint density at radius 2 is 2.00 bits per heavy atom. The fraction of sp³-hybridized carbons (Fsp3) is 1.00. The van der Waals surface area contributed by atoms with Crippen molar-refractivity contribution in [2.45, 2.75) is 50.2 Å². The van der Waals surface area contributed by atoms with Crippen molar-refractivity contribution in [1.29, 1.82) is 0 Å². The summed E-state index contributed by atoms with van der Waals surface area (Å²) >= 11 is 0. The number of aliphatic hydroxyl groups is 1. The molecule has 3 N–H and O–H groups in total. The Balaban J connectivity index is 1.83. The molecule has 1 aliphatic heterocycles. The van der Waals surface area contributed by atoms with E-state index in [1.54, 1.807) is 0 Å². The summed E-state index contributed by atoms with van der Waals surface area (Å²) in [5, 5.41) is 10.3. The molecule has 1 saturated heterocycles. The van der Waals surface area contributed by atoms with Gasteiger partial charge >= 0.3 is 0 Å². The van der Waals surface area contributed by atoms with Crippen molar-refractivity contribution < 1.29 is 5.11 Å². The molecule has 0 aromatic heterocycles. The minimum Gasteiger partial charge on any atom is -0.388 e. The van der Waals surface area contributed by atoms with Crippen LogP contribution >= 0.6 is 0 Å². The maximum atomic E-state index is 10.3. The fourth-order valence-corrected chi connectivity index (χ4v) is 2.82. The van der Waals surface area contributed by atoms with Crippen molar-refractivity contribution in [3.8, 4) is 0 Å². The van der Waals surface area contributed by atoms with Crippen LogP contribution in [0.5, 0.6) is 0 Å². The van der Waals surface area contributed by atoms with Gasteiger partial charge in [-0.1, -0.05) is 6.42 Å². The van der Waals surface area contributed by atoms with E-state index in [0.29, 0.717) is 0 Å². The smallest absolute Gasteiger partial charge is 0.0789 e. The van der Waals surface area contributed by atoms with Crippen LogP contribution in [0.1, 0.15) is 38.5 Å². The van der Waals surface area contributed by atoms with Crippen molar-refractivity contribution >= 4 is 0 Å². The average molecular weight is 198 g/mol. The molecule has 2 rings (SSSR count). The zero-order chi connectivity index (χ0) is 10.0. The quantitative estimate of drug-likeness (QED) is 0.687. The number of hydrogen-bond acceptors (Lipinski definition) is 3. The van der Waals surface area contributed by atoms with Gasteiger partial charge in [-0.3, -0.25) is 0 Å². The molecule has 0 spiro atoms. The molecule has 2 aliphatic rings. The number of likely N-dealkylation sites (tertiary alicyclic amines) is 1. The second kappa shape index (κ2) is 4.17. The summed E-state index contributed by atoms with van der Waals surface area (Å²) in [5.41, 5.74) is 5.36. The molecule has 14 heavy (non-hydrogen) atoms. The first-order chi connectivity index (χ1) is 6.68. The molecule has 0 amide bonds. The molecule has 0 aromatic rings. The highest BCUT2D eigenvalue weighted by Crippen LogP contribution is 2.30. The average Bonchev–Trinajstić information content (AvgIpc) is 2.47. The molecule has 82 valence electrons. The number of β-amino-alcohol motifs (C(OH)–C–C–N with tert-alkyl or cyclic N) is 1. The zero-order valence-corrected chi connectivity index (χ0v) is 8.91. The summed E-state index contributed by atoms with van der Waals surface area (Å²) in [7, 11) is 0. The summed E-state index contributed by atoms with van der Waals surface area (Å²) in [5.74, 6) is 0. The molecule has 1 saturated carbocycles. The monoisotopic (exact) mass is 198 g/mol. The molecular formula is C11H22N2O. The van der Waals surface area contributed by atoms with Gasteiger partial charge in [-0.15, -0.1) is 0 Å². The predicted molar refractivity (Wildman–Crippen MR) is 57.1 cm³/mol. The van der Waals surface area contributed by atoms with E-state index in [-0.39, 0.29) is 6.04 Å². The van der Waals surface area contributed by atoms with Crippen LogP contribution in [0.15, 0.2) is 0 Å². The van der Waals surface area contributed by atoms with Crippen molar-refractivity contribution in [2.75, 3.05) is 19.6 Å². The van der Waals surface area contributed by atoms with Crippen LogP contribution in [0.2, 0.25) is 0 Å². The van der Waals surface area contributed by atoms with E-state index < -0.39 is 5.60 Å². The van der Waals surface area contributed by atoms with Crippen LogP contribution in [-0.4, -0.2) is 41.3 Å². The second-order valence-electron chi connectivity index (χ2n) is 5.06. The van der Waals surface area contributed by atoms with Gasteiger partial charge in [0.2, 0.25) is 0 Å². The highest BCUT2D eigenvalue weighted by molar-refractivity contribution is 4.93. The third-order valence-corrected chi connectivity index (χ3v) is 3.59. The van der Waals surface area contributed by atoms with Gasteiger partial charge in [0.25, 0.3) is 0 Å². The first-order valence-electron chi connectivity index (χ1n) is 5.88. The van der Waals surface area contributed by atoms with E-state index in [1.165, 1.54) is 19.3 Å². The van der Waals surface area contributed by atoms with Gasteiger partial charge in [-0.05, 0) is 45.2 Å². The SMILES string of the molecule is NC1CCC(O)(CN2CCCCC2)C1. The van der Waals surface area contributed by atoms with E-state index in [2.05, 4.69) is 4.90 Å². The number of nitrogens with two attached hydrogens (primary N) is 1. The van der Waals surface area contributed by atoms with Crippen LogP contribution in [0.3, 0.4) is 0 Å². The molecule has 1 heterocycles. The standard InChI is InChI=1S/C11H22N2O/c12-10-4-5-11(14,8-10)9-13-6-2-1-3-7-13/h10,14H,1-9,12H2. The molecule has 2 fully saturated rings. The maximum Gasteiger partial charge on any atom is 0.0789 e. The van der Waals surface area contributed by atoms with Gasteiger partial charge in [0.15, 0.2) is 0 Å². The van der Waals surface area contributed by atoms with E-state index in [4.69, 9.17) is 5.73 Å². The fourth-order valence-electron chi connectivity index (χ4n) is 2.82. The summed E-state index contributed by atoms with van der Waals surface area (Å²) in [4.78, 5) is 2.40. The first-order valence-corrected chi connectivity index (χ1v) is 5.88. The normalized spacial score (nSPS) is 40.3. The van der Waals surface area contributed by atoms with Crippen molar-refractivity contribution in [1.82, 2.24) is 4.90 Å². The van der Waals surface area contributed by atoms with Crippen LogP contribution in [-0.2, 0) is 0 Å². The van der Waals surface area contributed by atoms with Gasteiger partial charge in [0.05, 0.1) is 5.60 Å². The van der Waals surface area contributed by atoms with Crippen molar-refractivity contribution in [3.05, 3.63) is 0 Å². The first kappa shape index (κ1) is 10.4. The Labute approximate surface area is 86.3 Å². The maximum absolute atomic E-state index is 10.3. The second-order valence-corrected chi connectivity index (χ2v) is 5.06. The zero-order valence-electron chi connectivity index (χ0n) is 8.91. The van der Waals surface area contributed by atoms with Gasteiger partial charge in [-0.25, -0.2) is 0 Å². The van der Waals surface area contributed by atoms with E-state index in [1.807, 2.05) is 0 Å². The van der Waals surface area contributed by atoms with Crippen molar-refractivity contribution in [3.63, 3.8) is 0 Å². The topological polar surface area (TPSA) is 49.5 Å². The summed E-state index contributed by atoms with van der Waals surface area (Å²) < 4.78 is 0. The lowest BCUT2D eigenvalue weighted by molar-refractivity contribution is 0.00356. The molecule has 0 radical (unpaired) electrons. The van der Waals surface area contributed by atoms with Crippen LogP contribution in [0.4, 0.5) is 0 Å². The molecule has 3 heteroatoms. The highest BCUT2D eigenvalue weighted by Gasteiger charge is 2.37. The van der Waals surface area contributed by atoms with E-state index >= 15 is 0 Å². The molecule has 3 nitrogen and oxygen atoms in total. The Kier molecular flexibility index (Phi) is 3.10. The lowest BCUT2D eigenvalue weighted by Gasteiger charge is -2.33. The van der Waals surface area contributed by atoms with Gasteiger partial charge in [0.1, 0.15) is 0 Å². The molecule has 0 aromatic carbocycles. The molecule has 0 bridgehead atoms. The van der Waals surface area contributed by atoms with E-state index in [9.17, 15) is 5.11 Å². The summed E-state index contributed by atoms with van der Waals surface area (Å²) in [6.07, 6.45) is 6.62. The highest BCUT2D eigenvalue weighted by atomic mass is 16.3. The number of nitrogens with zero attached hydrogens (tertiary/aromatic N) is 1. The van der Waals surface area contributed by atoms with Crippen molar-refractivity contribution in [2.24, 2.45) is 5.73 Å². The Morgan fingerprint density at radius 3 is 2.57 bits per heavy atom. The third kappa shape index (κ3) is 2.47. The largest absolute Gasteiger partial charge is 0.388 e. The van der Waals surface area contributed by atoms with Gasteiger partial charge < -0.3 is 15.7 Å². The molecular weight excluding hydrogens is 176 g/mol. The third-order valence-electron chi connectivity index (χ3n) is 3.59. The number of piperidine rings is 1. The molecule has 2 unspecified atom stereocenters. The number of rotatable bonds is 2. The predicted octanol–water partition coefficient (Wildman–Crippen LogP) is 0.715. The number of hydrogen-bond donors (Lipinski definition) is 2. The van der Waals surface area contributed by atoms with Gasteiger partial charge in [-0.2, -0.15) is 0 Å². The minimum absolute atomic E-state index is 0.227. The lowest BCUT2D eigenvalue weighted by atomic mass is 10.00. The molecule has 1 aliphatic carbocycles. The van der Waals surface area contributed by atoms with Crippen LogP contribution < -0.4 is 5.73 Å². The van der Waals surface area contributed by atoms with Crippen LogP contribution in [0.25, 0.3) is 0 Å². The van der Waals surface area contributed by atoms with E-state index in [0.717, 1.165) is 38.9 Å². The minimum atomic E-state index is -0.475. The summed E-state index contributed by atoms with van der Waals surface area (Å²) in [6, 6.07) is 0.227. The van der Waals surface area contributed by atoms with Crippen LogP contribution in [0, 0.1) is 0 Å². The van der Waals surface area contributed by atoms with Gasteiger partial charge in [0, 0.05) is 12.6 Å². The summed E-state index contributed by atoms with van der Waals surface area (Å²) in [6.45, 7) is 3.18. The lowest BCUT2D eigenvalue weighted by Crippen LogP contribution is -2.44.